The van der Waals surface area contributed by atoms with Crippen molar-refractivity contribution in [1.82, 2.24) is 0 Å². The van der Waals surface area contributed by atoms with Gasteiger partial charge in [-0.15, -0.1) is 0 Å². The number of rotatable bonds is 3. The Hall–Kier alpha value is -0.640. The molecule has 78 valence electrons. The van der Waals surface area contributed by atoms with E-state index in [0.29, 0.717) is 17.1 Å². The van der Waals surface area contributed by atoms with E-state index in [1.165, 1.54) is 12.1 Å². The summed E-state index contributed by atoms with van der Waals surface area (Å²) in [6.07, 6.45) is 0. The van der Waals surface area contributed by atoms with Crippen LogP contribution < -0.4 is 11.5 Å². The van der Waals surface area contributed by atoms with E-state index in [0.717, 1.165) is 0 Å². The van der Waals surface area contributed by atoms with Crippen LogP contribution in [-0.2, 0) is 0 Å². The van der Waals surface area contributed by atoms with Crippen molar-refractivity contribution < 1.29 is 4.39 Å². The highest BCUT2D eigenvalue weighted by atomic mass is 35.5. The molecule has 0 saturated carbocycles. The Morgan fingerprint density at radius 2 is 2.14 bits per heavy atom. The molecule has 14 heavy (non-hydrogen) atoms. The summed E-state index contributed by atoms with van der Waals surface area (Å²) in [6.45, 7) is 2.30. The van der Waals surface area contributed by atoms with Crippen LogP contribution >= 0.6 is 11.6 Å². The van der Waals surface area contributed by atoms with Crippen LogP contribution in [-0.4, -0.2) is 6.54 Å². The fourth-order valence-corrected chi connectivity index (χ4v) is 1.40. The van der Waals surface area contributed by atoms with Crippen molar-refractivity contribution in [3.8, 4) is 0 Å². The maximum atomic E-state index is 13.3. The van der Waals surface area contributed by atoms with Crippen molar-refractivity contribution >= 4 is 11.6 Å². The number of hydrogen-bond acceptors (Lipinski definition) is 2. The molecule has 0 heterocycles. The summed E-state index contributed by atoms with van der Waals surface area (Å²) in [5, 5.41) is 0.487. The molecule has 1 aromatic carbocycles. The first kappa shape index (κ1) is 11.4. The van der Waals surface area contributed by atoms with Gasteiger partial charge in [0.1, 0.15) is 5.82 Å². The van der Waals surface area contributed by atoms with Crippen molar-refractivity contribution in [3.63, 3.8) is 0 Å². The van der Waals surface area contributed by atoms with Gasteiger partial charge in [0.25, 0.3) is 0 Å². The van der Waals surface area contributed by atoms with Crippen LogP contribution in [0.5, 0.6) is 0 Å². The fourth-order valence-electron chi connectivity index (χ4n) is 1.22. The molecule has 4 N–H and O–H groups in total. The van der Waals surface area contributed by atoms with Crippen molar-refractivity contribution in [2.24, 2.45) is 17.4 Å². The molecule has 0 bridgehead atoms. The normalized spacial score (nSPS) is 15.2. The first-order chi connectivity index (χ1) is 6.56. The summed E-state index contributed by atoms with van der Waals surface area (Å²) < 4.78 is 13.3. The second kappa shape index (κ2) is 4.73. The number of benzene rings is 1. The van der Waals surface area contributed by atoms with E-state index in [1.54, 1.807) is 6.07 Å². The summed E-state index contributed by atoms with van der Waals surface area (Å²) in [5.74, 6) is -0.301. The molecule has 0 fully saturated rings. The molecule has 1 rings (SSSR count). The number of halogens is 2. The zero-order valence-electron chi connectivity index (χ0n) is 8.00. The van der Waals surface area contributed by atoms with Crippen LogP contribution in [0.15, 0.2) is 18.2 Å². The smallest absolute Gasteiger partial charge is 0.128 e. The number of nitrogens with two attached hydrogens (primary N) is 2. The first-order valence-electron chi connectivity index (χ1n) is 4.47. The van der Waals surface area contributed by atoms with E-state index in [4.69, 9.17) is 23.1 Å². The maximum Gasteiger partial charge on any atom is 0.128 e. The molecule has 4 heteroatoms. The van der Waals surface area contributed by atoms with E-state index in [1.807, 2.05) is 6.92 Å². The molecule has 1 aromatic rings. The topological polar surface area (TPSA) is 52.0 Å². The van der Waals surface area contributed by atoms with Gasteiger partial charge in [-0.2, -0.15) is 0 Å². The lowest BCUT2D eigenvalue weighted by Crippen LogP contribution is -2.26. The Bertz CT molecular complexity index is 317. The Labute approximate surface area is 88.0 Å². The summed E-state index contributed by atoms with van der Waals surface area (Å²) in [7, 11) is 0. The highest BCUT2D eigenvalue weighted by Gasteiger charge is 2.17. The van der Waals surface area contributed by atoms with Crippen molar-refractivity contribution in [2.45, 2.75) is 13.0 Å². The minimum Gasteiger partial charge on any atom is -0.330 e. The Kier molecular flexibility index (Phi) is 3.86. The van der Waals surface area contributed by atoms with Crippen LogP contribution in [0.1, 0.15) is 18.5 Å². The molecule has 0 aliphatic rings. The number of hydrogen-bond donors (Lipinski definition) is 2. The molecule has 0 aromatic heterocycles. The summed E-state index contributed by atoms with van der Waals surface area (Å²) in [6, 6.07) is 3.97. The lowest BCUT2D eigenvalue weighted by atomic mass is 9.95. The van der Waals surface area contributed by atoms with Gasteiger partial charge < -0.3 is 11.5 Å². The van der Waals surface area contributed by atoms with Gasteiger partial charge in [0.05, 0.1) is 0 Å². The van der Waals surface area contributed by atoms with Gasteiger partial charge in [-0.3, -0.25) is 0 Å². The Morgan fingerprint density at radius 1 is 1.50 bits per heavy atom. The predicted octanol–water partition coefficient (Wildman–Crippen LogP) is 2.07. The first-order valence-corrected chi connectivity index (χ1v) is 4.84. The average Bonchev–Trinajstić information content (AvgIpc) is 2.19. The summed E-state index contributed by atoms with van der Waals surface area (Å²) >= 11 is 5.76. The van der Waals surface area contributed by atoms with E-state index in [-0.39, 0.29) is 11.7 Å². The minimum absolute atomic E-state index is 0.0305. The molecule has 0 aliphatic heterocycles. The van der Waals surface area contributed by atoms with Gasteiger partial charge in [-0.25, -0.2) is 4.39 Å². The lowest BCUT2D eigenvalue weighted by Gasteiger charge is -2.19. The molecule has 0 saturated heterocycles. The molecular formula is C10H14ClFN2. The highest BCUT2D eigenvalue weighted by Crippen LogP contribution is 2.24. The van der Waals surface area contributed by atoms with Crippen molar-refractivity contribution in [2.75, 3.05) is 6.54 Å². The van der Waals surface area contributed by atoms with Crippen LogP contribution in [0.3, 0.4) is 0 Å². The fraction of sp³-hybridized carbons (Fsp3) is 0.400. The summed E-state index contributed by atoms with van der Waals surface area (Å²) in [5.41, 5.74) is 11.7. The molecule has 0 spiro atoms. The molecular weight excluding hydrogens is 203 g/mol. The van der Waals surface area contributed by atoms with Crippen LogP contribution in [0.2, 0.25) is 5.02 Å². The third kappa shape index (κ3) is 2.44. The van der Waals surface area contributed by atoms with Crippen molar-refractivity contribution in [1.29, 1.82) is 0 Å². The Balaban J connectivity index is 2.99. The predicted molar refractivity (Wildman–Crippen MR) is 56.6 cm³/mol. The third-order valence-corrected chi connectivity index (χ3v) is 2.54. The second-order valence-electron chi connectivity index (χ2n) is 3.40. The van der Waals surface area contributed by atoms with E-state index < -0.39 is 6.04 Å². The van der Waals surface area contributed by atoms with Crippen LogP contribution in [0.4, 0.5) is 4.39 Å². The molecule has 2 nitrogen and oxygen atoms in total. The molecule has 2 unspecified atom stereocenters. The van der Waals surface area contributed by atoms with Gasteiger partial charge in [-0.05, 0) is 30.7 Å². The summed E-state index contributed by atoms with van der Waals surface area (Å²) in [4.78, 5) is 0. The van der Waals surface area contributed by atoms with E-state index in [2.05, 4.69) is 0 Å². The lowest BCUT2D eigenvalue weighted by molar-refractivity contribution is 0.460. The zero-order chi connectivity index (χ0) is 10.7. The quantitative estimate of drug-likeness (QED) is 0.813. The molecule has 0 radical (unpaired) electrons. The monoisotopic (exact) mass is 216 g/mol. The molecule has 0 aliphatic carbocycles. The van der Waals surface area contributed by atoms with Crippen molar-refractivity contribution in [3.05, 3.63) is 34.6 Å². The van der Waals surface area contributed by atoms with Gasteiger partial charge >= 0.3 is 0 Å². The molecule has 0 amide bonds. The maximum absolute atomic E-state index is 13.3. The highest BCUT2D eigenvalue weighted by molar-refractivity contribution is 6.30. The van der Waals surface area contributed by atoms with Gasteiger partial charge in [0.15, 0.2) is 0 Å². The van der Waals surface area contributed by atoms with E-state index in [9.17, 15) is 4.39 Å². The minimum atomic E-state index is -0.404. The zero-order valence-corrected chi connectivity index (χ0v) is 8.76. The van der Waals surface area contributed by atoms with Gasteiger partial charge in [0.2, 0.25) is 0 Å². The Morgan fingerprint density at radius 3 is 2.71 bits per heavy atom. The largest absolute Gasteiger partial charge is 0.330 e. The van der Waals surface area contributed by atoms with Crippen LogP contribution in [0, 0.1) is 11.7 Å². The average molecular weight is 217 g/mol. The second-order valence-corrected chi connectivity index (χ2v) is 3.84. The molecule has 2 atom stereocenters. The van der Waals surface area contributed by atoms with Gasteiger partial charge in [-0.1, -0.05) is 18.5 Å². The SMILES string of the molecule is CC(CN)C(N)c1cc(Cl)ccc1F. The standard InChI is InChI=1S/C10H14ClFN2/c1-6(5-13)10(14)8-4-7(11)2-3-9(8)12/h2-4,6,10H,5,13-14H2,1H3. The van der Waals surface area contributed by atoms with E-state index >= 15 is 0 Å². The van der Waals surface area contributed by atoms with Crippen LogP contribution in [0.25, 0.3) is 0 Å². The third-order valence-electron chi connectivity index (χ3n) is 2.30. The van der Waals surface area contributed by atoms with Gasteiger partial charge in [0, 0.05) is 16.6 Å².